The van der Waals surface area contributed by atoms with Gasteiger partial charge in [-0.3, -0.25) is 14.6 Å². The summed E-state index contributed by atoms with van der Waals surface area (Å²) in [5, 5.41) is 11.9. The number of H-pyrrole nitrogens is 1. The van der Waals surface area contributed by atoms with E-state index in [0.29, 0.717) is 6.42 Å². The molecule has 2 aromatic rings. The highest BCUT2D eigenvalue weighted by atomic mass is 16.2. The number of nitrogens with zero attached hydrogens (tertiary/aromatic N) is 4. The third-order valence-electron chi connectivity index (χ3n) is 6.30. The van der Waals surface area contributed by atoms with Crippen LogP contribution in [0.4, 0.5) is 0 Å². The molecular formula is C19H27N5O. The Morgan fingerprint density at radius 1 is 1.36 bits per heavy atom. The van der Waals surface area contributed by atoms with E-state index in [9.17, 15) is 4.79 Å². The smallest absolute Gasteiger partial charge is 0.222 e. The lowest BCUT2D eigenvalue weighted by atomic mass is 9.77. The molecule has 1 N–H and O–H groups in total. The number of aromatic amines is 1. The van der Waals surface area contributed by atoms with Gasteiger partial charge in [0.25, 0.3) is 0 Å². The number of amides is 1. The number of likely N-dealkylation sites (tertiary alicyclic amines) is 1. The molecule has 2 aromatic heterocycles. The van der Waals surface area contributed by atoms with Crippen molar-refractivity contribution in [2.24, 2.45) is 7.05 Å². The van der Waals surface area contributed by atoms with Crippen molar-refractivity contribution in [3.63, 3.8) is 0 Å². The van der Waals surface area contributed by atoms with Crippen LogP contribution in [-0.4, -0.2) is 43.9 Å². The minimum Gasteiger partial charge on any atom is -0.342 e. The Hall–Kier alpha value is -2.11. The van der Waals surface area contributed by atoms with Gasteiger partial charge in [-0.05, 0) is 57.1 Å². The number of hydrogen-bond acceptors (Lipinski definition) is 3. The first-order valence-corrected chi connectivity index (χ1v) is 9.30. The molecule has 1 amide bonds. The highest BCUT2D eigenvalue weighted by molar-refractivity contribution is 5.77. The molecule has 25 heavy (non-hydrogen) atoms. The van der Waals surface area contributed by atoms with E-state index in [-0.39, 0.29) is 11.3 Å². The summed E-state index contributed by atoms with van der Waals surface area (Å²) in [5.74, 6) is 0.273. The number of aryl methyl sites for hydroxylation is 3. The number of fused-ring (bicyclic) bond motifs is 2. The van der Waals surface area contributed by atoms with Crippen molar-refractivity contribution in [2.75, 3.05) is 13.1 Å². The summed E-state index contributed by atoms with van der Waals surface area (Å²) in [6, 6.07) is 0. The van der Waals surface area contributed by atoms with Crippen molar-refractivity contribution in [1.82, 2.24) is 24.9 Å². The molecule has 1 fully saturated rings. The molecule has 0 saturated carbocycles. The maximum Gasteiger partial charge on any atom is 0.222 e. The van der Waals surface area contributed by atoms with Crippen LogP contribution < -0.4 is 0 Å². The van der Waals surface area contributed by atoms with Crippen LogP contribution in [-0.2, 0) is 30.1 Å². The van der Waals surface area contributed by atoms with E-state index in [1.165, 1.54) is 22.5 Å². The molecule has 1 aliphatic carbocycles. The van der Waals surface area contributed by atoms with E-state index in [2.05, 4.69) is 27.1 Å². The van der Waals surface area contributed by atoms with Gasteiger partial charge in [0.15, 0.2) is 0 Å². The van der Waals surface area contributed by atoms with E-state index in [4.69, 9.17) is 0 Å². The molecule has 2 aliphatic rings. The van der Waals surface area contributed by atoms with E-state index >= 15 is 0 Å². The zero-order chi connectivity index (χ0) is 17.6. The fraction of sp³-hybridized carbons (Fsp3) is 0.632. The van der Waals surface area contributed by atoms with Crippen LogP contribution in [0.3, 0.4) is 0 Å². The Kier molecular flexibility index (Phi) is 3.93. The predicted molar refractivity (Wildman–Crippen MR) is 95.4 cm³/mol. The Morgan fingerprint density at radius 3 is 2.96 bits per heavy atom. The molecule has 1 saturated heterocycles. The van der Waals surface area contributed by atoms with E-state index in [0.717, 1.165) is 50.9 Å². The zero-order valence-corrected chi connectivity index (χ0v) is 15.4. The van der Waals surface area contributed by atoms with Gasteiger partial charge in [0.1, 0.15) is 0 Å². The molecule has 3 heterocycles. The first-order chi connectivity index (χ1) is 12.0. The lowest BCUT2D eigenvalue weighted by Crippen LogP contribution is -2.47. The molecule has 1 unspecified atom stereocenters. The standard InChI is InChI=1S/C19H27N5O/c1-13-16(14(2)23(3)22-13)5-6-17(25)24-10-4-8-19(12-24)9-7-15-11-20-21-18(15)19/h11H,4-10,12H2,1-3H3,(H,20,21). The first kappa shape index (κ1) is 16.4. The third-order valence-corrected chi connectivity index (χ3v) is 6.30. The second kappa shape index (κ2) is 6.00. The minimum atomic E-state index is 0.111. The Bertz CT molecular complexity index is 805. The molecular weight excluding hydrogens is 314 g/mol. The Labute approximate surface area is 148 Å². The number of aromatic nitrogens is 4. The molecule has 1 atom stereocenters. The fourth-order valence-corrected chi connectivity index (χ4v) is 4.78. The number of piperidine rings is 1. The van der Waals surface area contributed by atoms with Gasteiger partial charge in [-0.2, -0.15) is 10.2 Å². The number of carbonyl (C=O) groups excluding carboxylic acids is 1. The highest BCUT2D eigenvalue weighted by Gasteiger charge is 2.44. The summed E-state index contributed by atoms with van der Waals surface area (Å²) in [6.07, 6.45) is 7.77. The fourth-order valence-electron chi connectivity index (χ4n) is 4.78. The summed E-state index contributed by atoms with van der Waals surface area (Å²) in [7, 11) is 1.96. The van der Waals surface area contributed by atoms with Crippen molar-refractivity contribution in [1.29, 1.82) is 0 Å². The molecule has 0 aromatic carbocycles. The first-order valence-electron chi connectivity index (χ1n) is 9.30. The van der Waals surface area contributed by atoms with Gasteiger partial charge in [0.05, 0.1) is 11.9 Å². The molecule has 6 nitrogen and oxygen atoms in total. The quantitative estimate of drug-likeness (QED) is 0.931. The van der Waals surface area contributed by atoms with Gasteiger partial charge in [0, 0.05) is 43.4 Å². The predicted octanol–water partition coefficient (Wildman–Crippen LogP) is 2.20. The van der Waals surface area contributed by atoms with Crippen LogP contribution in [0.15, 0.2) is 6.20 Å². The second-order valence-corrected chi connectivity index (χ2v) is 7.74. The molecule has 4 rings (SSSR count). The lowest BCUT2D eigenvalue weighted by molar-refractivity contribution is -0.133. The number of carbonyl (C=O) groups is 1. The molecule has 134 valence electrons. The maximum atomic E-state index is 12.9. The van der Waals surface area contributed by atoms with Crippen molar-refractivity contribution in [3.05, 3.63) is 34.4 Å². The van der Waals surface area contributed by atoms with Crippen LogP contribution in [0, 0.1) is 13.8 Å². The van der Waals surface area contributed by atoms with Crippen LogP contribution in [0.2, 0.25) is 0 Å². The second-order valence-electron chi connectivity index (χ2n) is 7.74. The average Bonchev–Trinajstić information content (AvgIpc) is 3.25. The van der Waals surface area contributed by atoms with Gasteiger partial charge in [0.2, 0.25) is 5.91 Å². The molecule has 1 aliphatic heterocycles. The van der Waals surface area contributed by atoms with Crippen molar-refractivity contribution >= 4 is 5.91 Å². The van der Waals surface area contributed by atoms with Crippen LogP contribution in [0.25, 0.3) is 0 Å². The lowest BCUT2D eigenvalue weighted by Gasteiger charge is -2.40. The van der Waals surface area contributed by atoms with Gasteiger partial charge < -0.3 is 4.90 Å². The van der Waals surface area contributed by atoms with Gasteiger partial charge in [-0.25, -0.2) is 0 Å². The minimum absolute atomic E-state index is 0.111. The van der Waals surface area contributed by atoms with Gasteiger partial charge in [-0.1, -0.05) is 0 Å². The molecule has 1 spiro atoms. The molecule has 6 heteroatoms. The van der Waals surface area contributed by atoms with Crippen molar-refractivity contribution < 1.29 is 4.79 Å². The monoisotopic (exact) mass is 341 g/mol. The van der Waals surface area contributed by atoms with Crippen LogP contribution >= 0.6 is 0 Å². The van der Waals surface area contributed by atoms with E-state index in [1.54, 1.807) is 0 Å². The Morgan fingerprint density at radius 2 is 2.20 bits per heavy atom. The topological polar surface area (TPSA) is 66.8 Å². The summed E-state index contributed by atoms with van der Waals surface area (Å²) in [6.45, 7) is 5.83. The maximum absolute atomic E-state index is 12.9. The highest BCUT2D eigenvalue weighted by Crippen LogP contribution is 2.43. The van der Waals surface area contributed by atoms with Crippen molar-refractivity contribution in [2.45, 2.75) is 57.8 Å². The summed E-state index contributed by atoms with van der Waals surface area (Å²) in [5.41, 5.74) is 6.16. The normalized spacial score (nSPS) is 22.6. The summed E-state index contributed by atoms with van der Waals surface area (Å²) >= 11 is 0. The number of rotatable bonds is 3. The van der Waals surface area contributed by atoms with Crippen LogP contribution in [0.5, 0.6) is 0 Å². The van der Waals surface area contributed by atoms with E-state index < -0.39 is 0 Å². The summed E-state index contributed by atoms with van der Waals surface area (Å²) < 4.78 is 1.91. The third kappa shape index (κ3) is 2.68. The number of hydrogen-bond donors (Lipinski definition) is 1. The van der Waals surface area contributed by atoms with Gasteiger partial charge >= 0.3 is 0 Å². The largest absolute Gasteiger partial charge is 0.342 e. The number of nitrogens with one attached hydrogen (secondary N) is 1. The zero-order valence-electron chi connectivity index (χ0n) is 15.4. The molecule has 0 bridgehead atoms. The summed E-state index contributed by atoms with van der Waals surface area (Å²) in [4.78, 5) is 14.9. The van der Waals surface area contributed by atoms with Crippen molar-refractivity contribution in [3.8, 4) is 0 Å². The SMILES string of the molecule is Cc1nn(C)c(C)c1CCC(=O)N1CCCC2(CCc3cn[nH]c32)C1. The average molecular weight is 341 g/mol. The molecule has 0 radical (unpaired) electrons. The van der Waals surface area contributed by atoms with Gasteiger partial charge in [-0.15, -0.1) is 0 Å². The van der Waals surface area contributed by atoms with E-state index in [1.807, 2.05) is 24.9 Å². The van der Waals surface area contributed by atoms with Crippen LogP contribution in [0.1, 0.15) is 53.9 Å². The Balaban J connectivity index is 1.44.